The van der Waals surface area contributed by atoms with Gasteiger partial charge >= 0.3 is 0 Å². The lowest BCUT2D eigenvalue weighted by atomic mass is 10.2. The average Bonchev–Trinajstić information content (AvgIpc) is 3.10. The number of rotatable bonds is 4. The highest BCUT2D eigenvalue weighted by Gasteiger charge is 2.19. The van der Waals surface area contributed by atoms with E-state index >= 15 is 0 Å². The van der Waals surface area contributed by atoms with Crippen LogP contribution < -0.4 is 5.32 Å². The van der Waals surface area contributed by atoms with Crippen molar-refractivity contribution in [2.45, 2.75) is 13.0 Å². The Labute approximate surface area is 122 Å². The summed E-state index contributed by atoms with van der Waals surface area (Å²) in [6, 6.07) is 6.24. The molecular weight excluding hydrogens is 268 g/mol. The highest BCUT2D eigenvalue weighted by Crippen LogP contribution is 2.29. The van der Waals surface area contributed by atoms with Crippen molar-refractivity contribution >= 4 is 17.0 Å². The molecule has 20 heavy (non-hydrogen) atoms. The standard InChI is InChI=1S/C15H16N4S/c1-11-5-6-16-10-12(11)18-14(13-4-3-9-20-13)15-17-7-8-19(15)2/h3-10,14,18H,1-2H3. The van der Waals surface area contributed by atoms with Gasteiger partial charge < -0.3 is 9.88 Å². The first-order chi connectivity index (χ1) is 9.75. The van der Waals surface area contributed by atoms with Gasteiger partial charge in [-0.3, -0.25) is 4.98 Å². The molecule has 3 aromatic rings. The number of hydrogen-bond acceptors (Lipinski definition) is 4. The molecule has 1 atom stereocenters. The van der Waals surface area contributed by atoms with Crippen molar-refractivity contribution in [2.24, 2.45) is 7.05 Å². The third kappa shape index (κ3) is 2.44. The number of aryl methyl sites for hydroxylation is 2. The van der Waals surface area contributed by atoms with Gasteiger partial charge in [0.2, 0.25) is 0 Å². The van der Waals surface area contributed by atoms with E-state index in [1.165, 1.54) is 10.4 Å². The lowest BCUT2D eigenvalue weighted by molar-refractivity contribution is 0.755. The Kier molecular flexibility index (Phi) is 3.52. The van der Waals surface area contributed by atoms with Crippen LogP contribution in [0.4, 0.5) is 5.69 Å². The molecule has 4 nitrogen and oxygen atoms in total. The maximum atomic E-state index is 4.48. The van der Waals surface area contributed by atoms with E-state index in [1.54, 1.807) is 17.5 Å². The zero-order valence-corrected chi connectivity index (χ0v) is 12.3. The zero-order chi connectivity index (χ0) is 13.9. The number of pyridine rings is 1. The van der Waals surface area contributed by atoms with Crippen molar-refractivity contribution in [2.75, 3.05) is 5.32 Å². The van der Waals surface area contributed by atoms with Crippen molar-refractivity contribution in [3.8, 4) is 0 Å². The van der Waals surface area contributed by atoms with Gasteiger partial charge in [-0.05, 0) is 30.0 Å². The van der Waals surface area contributed by atoms with Crippen molar-refractivity contribution in [1.29, 1.82) is 0 Å². The molecule has 0 radical (unpaired) electrons. The van der Waals surface area contributed by atoms with Gasteiger partial charge in [0, 0.05) is 30.5 Å². The van der Waals surface area contributed by atoms with Gasteiger partial charge in [-0.25, -0.2) is 4.98 Å². The SMILES string of the molecule is Cc1ccncc1NC(c1cccs1)c1nccn1C. The third-order valence-corrected chi connectivity index (χ3v) is 4.22. The summed E-state index contributed by atoms with van der Waals surface area (Å²) in [5.41, 5.74) is 2.21. The molecule has 0 fully saturated rings. The second-order valence-electron chi connectivity index (χ2n) is 4.68. The summed E-state index contributed by atoms with van der Waals surface area (Å²) < 4.78 is 2.04. The summed E-state index contributed by atoms with van der Waals surface area (Å²) in [6.07, 6.45) is 7.46. The van der Waals surface area contributed by atoms with E-state index in [1.807, 2.05) is 36.3 Å². The van der Waals surface area contributed by atoms with E-state index in [-0.39, 0.29) is 6.04 Å². The molecule has 0 saturated carbocycles. The maximum Gasteiger partial charge on any atom is 0.136 e. The van der Waals surface area contributed by atoms with E-state index in [9.17, 15) is 0 Å². The normalized spacial score (nSPS) is 12.3. The number of anilines is 1. The predicted molar refractivity (Wildman–Crippen MR) is 82.0 cm³/mol. The average molecular weight is 284 g/mol. The molecule has 102 valence electrons. The number of imidazole rings is 1. The van der Waals surface area contributed by atoms with Crippen LogP contribution in [0.3, 0.4) is 0 Å². The highest BCUT2D eigenvalue weighted by atomic mass is 32.1. The second-order valence-corrected chi connectivity index (χ2v) is 5.66. The first kappa shape index (κ1) is 12.9. The number of nitrogens with zero attached hydrogens (tertiary/aromatic N) is 3. The molecule has 1 unspecified atom stereocenters. The minimum Gasteiger partial charge on any atom is -0.369 e. The monoisotopic (exact) mass is 284 g/mol. The molecule has 5 heteroatoms. The van der Waals surface area contributed by atoms with Gasteiger partial charge in [-0.1, -0.05) is 6.07 Å². The molecule has 1 N–H and O–H groups in total. The molecule has 0 aromatic carbocycles. The van der Waals surface area contributed by atoms with E-state index in [0.717, 1.165) is 11.5 Å². The van der Waals surface area contributed by atoms with E-state index in [0.29, 0.717) is 0 Å². The zero-order valence-electron chi connectivity index (χ0n) is 11.4. The van der Waals surface area contributed by atoms with Crippen molar-refractivity contribution in [1.82, 2.24) is 14.5 Å². The first-order valence-electron chi connectivity index (χ1n) is 6.43. The Bertz CT molecular complexity index is 687. The second kappa shape index (κ2) is 5.46. The summed E-state index contributed by atoms with van der Waals surface area (Å²) in [6.45, 7) is 2.08. The summed E-state index contributed by atoms with van der Waals surface area (Å²) in [4.78, 5) is 9.92. The Balaban J connectivity index is 1.99. The van der Waals surface area contributed by atoms with Crippen molar-refractivity contribution in [3.63, 3.8) is 0 Å². The molecule has 3 heterocycles. The molecular formula is C15H16N4S. The van der Waals surface area contributed by atoms with Crippen LogP contribution in [0.25, 0.3) is 0 Å². The third-order valence-electron chi connectivity index (χ3n) is 3.28. The van der Waals surface area contributed by atoms with Crippen molar-refractivity contribution in [3.05, 3.63) is 64.6 Å². The van der Waals surface area contributed by atoms with Gasteiger partial charge in [0.05, 0.1) is 11.9 Å². The van der Waals surface area contributed by atoms with Crippen molar-refractivity contribution < 1.29 is 0 Å². The predicted octanol–water partition coefficient (Wildman–Crippen LogP) is 3.39. The molecule has 0 amide bonds. The number of aromatic nitrogens is 3. The lowest BCUT2D eigenvalue weighted by Crippen LogP contribution is -2.16. The van der Waals surface area contributed by atoms with E-state index < -0.39 is 0 Å². The van der Waals surface area contributed by atoms with Crippen LogP contribution in [0.1, 0.15) is 22.3 Å². The molecule has 0 aliphatic rings. The quantitative estimate of drug-likeness (QED) is 0.798. The number of nitrogens with one attached hydrogen (secondary N) is 1. The molecule has 3 rings (SSSR count). The van der Waals surface area contributed by atoms with Gasteiger partial charge in [-0.2, -0.15) is 0 Å². The minimum absolute atomic E-state index is 0.0397. The number of thiophene rings is 1. The van der Waals surface area contributed by atoms with Gasteiger partial charge in [0.15, 0.2) is 0 Å². The lowest BCUT2D eigenvalue weighted by Gasteiger charge is -2.19. The Morgan fingerprint density at radius 2 is 2.20 bits per heavy atom. The van der Waals surface area contributed by atoms with Crippen LogP contribution in [0.2, 0.25) is 0 Å². The molecule has 0 aliphatic carbocycles. The van der Waals surface area contributed by atoms with Gasteiger partial charge in [0.1, 0.15) is 11.9 Å². The van der Waals surface area contributed by atoms with Crippen LogP contribution in [-0.2, 0) is 7.05 Å². The molecule has 0 spiro atoms. The number of hydrogen-bond donors (Lipinski definition) is 1. The van der Waals surface area contributed by atoms with Crippen LogP contribution >= 0.6 is 11.3 Å². The fourth-order valence-corrected chi connectivity index (χ4v) is 2.92. The first-order valence-corrected chi connectivity index (χ1v) is 7.31. The van der Waals surface area contributed by atoms with Gasteiger partial charge in [0.25, 0.3) is 0 Å². The Hall–Kier alpha value is -2.14. The van der Waals surface area contributed by atoms with Crippen LogP contribution in [0.15, 0.2) is 48.4 Å². The molecule has 0 aliphatic heterocycles. The summed E-state index contributed by atoms with van der Waals surface area (Å²) in [5.74, 6) is 0.996. The van der Waals surface area contributed by atoms with E-state index in [2.05, 4.69) is 39.7 Å². The summed E-state index contributed by atoms with van der Waals surface area (Å²) in [5, 5.41) is 5.64. The van der Waals surface area contributed by atoms with Gasteiger partial charge in [-0.15, -0.1) is 11.3 Å². The topological polar surface area (TPSA) is 42.7 Å². The maximum absolute atomic E-state index is 4.48. The Morgan fingerprint density at radius 3 is 2.85 bits per heavy atom. The summed E-state index contributed by atoms with van der Waals surface area (Å²) in [7, 11) is 2.01. The van der Waals surface area contributed by atoms with E-state index in [4.69, 9.17) is 0 Å². The van der Waals surface area contributed by atoms with Crippen LogP contribution in [-0.4, -0.2) is 14.5 Å². The minimum atomic E-state index is 0.0397. The van der Waals surface area contributed by atoms with Crippen LogP contribution in [0.5, 0.6) is 0 Å². The molecule has 0 bridgehead atoms. The molecule has 3 aromatic heterocycles. The largest absolute Gasteiger partial charge is 0.369 e. The highest BCUT2D eigenvalue weighted by molar-refractivity contribution is 7.10. The summed E-state index contributed by atoms with van der Waals surface area (Å²) >= 11 is 1.73. The molecule has 0 saturated heterocycles. The fraction of sp³-hybridized carbons (Fsp3) is 0.200. The Morgan fingerprint density at radius 1 is 1.30 bits per heavy atom. The fourth-order valence-electron chi connectivity index (χ4n) is 2.14. The van der Waals surface area contributed by atoms with Crippen LogP contribution in [0, 0.1) is 6.92 Å². The smallest absolute Gasteiger partial charge is 0.136 e.